The van der Waals surface area contributed by atoms with Crippen LogP contribution in [0.5, 0.6) is 11.5 Å². The van der Waals surface area contributed by atoms with Crippen molar-refractivity contribution in [2.75, 3.05) is 7.11 Å². The molecule has 0 bridgehead atoms. The molecule has 0 saturated heterocycles. The van der Waals surface area contributed by atoms with Gasteiger partial charge in [-0.15, -0.1) is 0 Å². The van der Waals surface area contributed by atoms with Gasteiger partial charge < -0.3 is 9.47 Å². The molecule has 0 radical (unpaired) electrons. The Morgan fingerprint density at radius 3 is 2.26 bits per heavy atom. The van der Waals surface area contributed by atoms with E-state index in [1.54, 1.807) is 48.5 Å². The quantitative estimate of drug-likeness (QED) is 0.539. The zero-order valence-electron chi connectivity index (χ0n) is 15.2. The van der Waals surface area contributed by atoms with Crippen LogP contribution in [0.3, 0.4) is 0 Å². The summed E-state index contributed by atoms with van der Waals surface area (Å²) in [6.07, 6.45) is 0.0494. The van der Waals surface area contributed by atoms with Gasteiger partial charge in [0.05, 0.1) is 18.8 Å². The molecule has 0 aliphatic heterocycles. The van der Waals surface area contributed by atoms with Gasteiger partial charge >= 0.3 is 0 Å². The number of nitrogens with one attached hydrogen (secondary N) is 3. The molecule has 3 N–H and O–H groups in total. The highest BCUT2D eigenvalue weighted by molar-refractivity contribution is 7.80. The van der Waals surface area contributed by atoms with Gasteiger partial charge in [-0.3, -0.25) is 25.8 Å². The highest BCUT2D eigenvalue weighted by atomic mass is 32.1. The van der Waals surface area contributed by atoms with Gasteiger partial charge in [0.15, 0.2) is 5.11 Å². The number of rotatable bonds is 5. The van der Waals surface area contributed by atoms with Crippen LogP contribution >= 0.6 is 12.2 Å². The Morgan fingerprint density at radius 2 is 1.63 bits per heavy atom. The summed E-state index contributed by atoms with van der Waals surface area (Å²) < 4.78 is 10.7. The van der Waals surface area contributed by atoms with Gasteiger partial charge in [-0.05, 0) is 62.5 Å². The molecule has 2 amide bonds. The Kier molecular flexibility index (Phi) is 7.13. The first kappa shape index (κ1) is 20.2. The standard InChI is InChI=1S/C19H21N3O4S/c1-12(2)26-14-10-8-13(9-11-14)17(23)20-19(27)22-21-18(24)15-6-4-5-7-16(15)25-3/h4-12H,1-3H3,(H,21,24)(H2,20,22,23,27). The number of methoxy groups -OCH3 is 1. The summed E-state index contributed by atoms with van der Waals surface area (Å²) in [5.41, 5.74) is 5.65. The van der Waals surface area contributed by atoms with Gasteiger partial charge in [0.1, 0.15) is 11.5 Å². The second-order valence-corrected chi connectivity index (χ2v) is 6.16. The molecular formula is C19H21N3O4S. The molecule has 0 atom stereocenters. The Hall–Kier alpha value is -3.13. The third-order valence-electron chi connectivity index (χ3n) is 3.36. The van der Waals surface area contributed by atoms with E-state index < -0.39 is 11.8 Å². The molecule has 0 saturated carbocycles. The lowest BCUT2D eigenvalue weighted by Gasteiger charge is -2.13. The lowest BCUT2D eigenvalue weighted by Crippen LogP contribution is -2.48. The molecule has 2 aromatic rings. The Bertz CT molecular complexity index is 822. The average Bonchev–Trinajstić information content (AvgIpc) is 2.66. The number of amides is 2. The zero-order valence-corrected chi connectivity index (χ0v) is 16.1. The summed E-state index contributed by atoms with van der Waals surface area (Å²) in [5.74, 6) is 0.246. The minimum Gasteiger partial charge on any atom is -0.496 e. The molecule has 8 heteroatoms. The summed E-state index contributed by atoms with van der Waals surface area (Å²) in [5, 5.41) is 2.45. The number of carbonyl (C=O) groups is 2. The first-order chi connectivity index (χ1) is 12.9. The number of benzene rings is 2. The van der Waals surface area contributed by atoms with Crippen LogP contribution < -0.4 is 25.6 Å². The maximum atomic E-state index is 12.2. The number of hydrazine groups is 1. The predicted molar refractivity (Wildman–Crippen MR) is 106 cm³/mol. The monoisotopic (exact) mass is 387 g/mol. The van der Waals surface area contributed by atoms with E-state index in [0.717, 1.165) is 0 Å². The summed E-state index contributed by atoms with van der Waals surface area (Å²) in [6.45, 7) is 3.84. The van der Waals surface area contributed by atoms with Crippen molar-refractivity contribution >= 4 is 29.1 Å². The third kappa shape index (κ3) is 5.96. The van der Waals surface area contributed by atoms with E-state index in [4.69, 9.17) is 21.7 Å². The van der Waals surface area contributed by atoms with E-state index in [-0.39, 0.29) is 11.2 Å². The highest BCUT2D eigenvalue weighted by Crippen LogP contribution is 2.16. The molecule has 0 fully saturated rings. The van der Waals surface area contributed by atoms with Gasteiger partial charge in [-0.2, -0.15) is 0 Å². The van der Waals surface area contributed by atoms with Crippen LogP contribution in [0.4, 0.5) is 0 Å². The molecule has 27 heavy (non-hydrogen) atoms. The predicted octanol–water partition coefficient (Wildman–Crippen LogP) is 2.43. The number of ether oxygens (including phenoxy) is 2. The van der Waals surface area contributed by atoms with Crippen molar-refractivity contribution in [1.29, 1.82) is 0 Å². The summed E-state index contributed by atoms with van der Waals surface area (Å²) in [4.78, 5) is 24.4. The van der Waals surface area contributed by atoms with Crippen molar-refractivity contribution in [2.24, 2.45) is 0 Å². The van der Waals surface area contributed by atoms with E-state index in [9.17, 15) is 9.59 Å². The second kappa shape index (κ2) is 9.54. The molecule has 0 aliphatic carbocycles. The van der Waals surface area contributed by atoms with E-state index in [1.807, 2.05) is 13.8 Å². The van der Waals surface area contributed by atoms with Crippen LogP contribution in [0.1, 0.15) is 34.6 Å². The second-order valence-electron chi connectivity index (χ2n) is 5.75. The third-order valence-corrected chi connectivity index (χ3v) is 3.56. The summed E-state index contributed by atoms with van der Waals surface area (Å²) in [7, 11) is 1.47. The zero-order chi connectivity index (χ0) is 19.8. The molecule has 2 aromatic carbocycles. The SMILES string of the molecule is COc1ccccc1C(=O)NNC(=S)NC(=O)c1ccc(OC(C)C)cc1. The van der Waals surface area contributed by atoms with E-state index in [2.05, 4.69) is 16.2 Å². The van der Waals surface area contributed by atoms with Gasteiger partial charge in [0.2, 0.25) is 0 Å². The highest BCUT2D eigenvalue weighted by Gasteiger charge is 2.13. The largest absolute Gasteiger partial charge is 0.496 e. The maximum absolute atomic E-state index is 12.2. The van der Waals surface area contributed by atoms with E-state index in [0.29, 0.717) is 22.6 Å². The Balaban J connectivity index is 1.88. The van der Waals surface area contributed by atoms with Crippen LogP contribution in [0.2, 0.25) is 0 Å². The fourth-order valence-corrected chi connectivity index (χ4v) is 2.32. The number of para-hydroxylation sites is 1. The first-order valence-corrected chi connectivity index (χ1v) is 8.63. The first-order valence-electron chi connectivity index (χ1n) is 8.22. The topological polar surface area (TPSA) is 88.7 Å². The minimum absolute atomic E-state index is 0.0363. The van der Waals surface area contributed by atoms with E-state index in [1.165, 1.54) is 7.11 Å². The molecular weight excluding hydrogens is 366 g/mol. The maximum Gasteiger partial charge on any atom is 0.273 e. The molecule has 2 rings (SSSR count). The van der Waals surface area contributed by atoms with Crippen molar-refractivity contribution in [3.63, 3.8) is 0 Å². The van der Waals surface area contributed by atoms with Gasteiger partial charge in [0, 0.05) is 5.56 Å². The number of thiocarbonyl (C=S) groups is 1. The minimum atomic E-state index is -0.445. The smallest absolute Gasteiger partial charge is 0.273 e. The fourth-order valence-electron chi connectivity index (χ4n) is 2.18. The van der Waals surface area contributed by atoms with Crippen LogP contribution in [0.15, 0.2) is 48.5 Å². The molecule has 7 nitrogen and oxygen atoms in total. The van der Waals surface area contributed by atoms with Gasteiger partial charge in [-0.25, -0.2) is 0 Å². The van der Waals surface area contributed by atoms with Crippen LogP contribution in [0, 0.1) is 0 Å². The van der Waals surface area contributed by atoms with Crippen molar-refractivity contribution in [3.8, 4) is 11.5 Å². The molecule has 0 spiro atoms. The van der Waals surface area contributed by atoms with Gasteiger partial charge in [0.25, 0.3) is 11.8 Å². The normalized spacial score (nSPS) is 10.1. The molecule has 0 heterocycles. The molecule has 0 unspecified atom stereocenters. The number of hydrogen-bond donors (Lipinski definition) is 3. The van der Waals surface area contributed by atoms with Crippen molar-refractivity contribution in [3.05, 3.63) is 59.7 Å². The number of hydrogen-bond acceptors (Lipinski definition) is 5. The fraction of sp³-hybridized carbons (Fsp3) is 0.211. The van der Waals surface area contributed by atoms with Crippen molar-refractivity contribution < 1.29 is 19.1 Å². The van der Waals surface area contributed by atoms with Crippen LogP contribution in [0.25, 0.3) is 0 Å². The van der Waals surface area contributed by atoms with Crippen molar-refractivity contribution in [1.82, 2.24) is 16.2 Å². The Morgan fingerprint density at radius 1 is 0.963 bits per heavy atom. The molecule has 142 valence electrons. The summed E-state index contributed by atoms with van der Waals surface area (Å²) in [6, 6.07) is 13.4. The average molecular weight is 387 g/mol. The van der Waals surface area contributed by atoms with Crippen LogP contribution in [-0.2, 0) is 0 Å². The lowest BCUT2D eigenvalue weighted by atomic mass is 10.2. The molecule has 0 aromatic heterocycles. The Labute approximate surface area is 163 Å². The number of carbonyl (C=O) groups excluding carboxylic acids is 2. The van der Waals surface area contributed by atoms with Crippen LogP contribution in [-0.4, -0.2) is 30.1 Å². The molecule has 0 aliphatic rings. The lowest BCUT2D eigenvalue weighted by molar-refractivity contribution is 0.0932. The van der Waals surface area contributed by atoms with E-state index >= 15 is 0 Å². The van der Waals surface area contributed by atoms with Crippen molar-refractivity contribution in [2.45, 2.75) is 20.0 Å². The summed E-state index contributed by atoms with van der Waals surface area (Å²) >= 11 is 5.03. The van der Waals surface area contributed by atoms with Gasteiger partial charge in [-0.1, -0.05) is 12.1 Å².